The summed E-state index contributed by atoms with van der Waals surface area (Å²) in [4.78, 5) is 0. The highest BCUT2D eigenvalue weighted by atomic mass is 79.9. The maximum Gasteiger partial charge on any atom is 0.199 e. The van der Waals surface area contributed by atoms with Crippen LogP contribution in [0.15, 0.2) is 59.1 Å². The van der Waals surface area contributed by atoms with Crippen molar-refractivity contribution in [3.8, 4) is 5.69 Å². The number of rotatable bonds is 5. The lowest BCUT2D eigenvalue weighted by Gasteiger charge is -2.08. The van der Waals surface area contributed by atoms with E-state index in [0.717, 1.165) is 34.6 Å². The molecule has 2 N–H and O–H groups in total. The van der Waals surface area contributed by atoms with Crippen molar-refractivity contribution in [2.24, 2.45) is 0 Å². The molecule has 22 heavy (non-hydrogen) atoms. The van der Waals surface area contributed by atoms with E-state index < -0.39 is 0 Å². The number of aromatic nitrogens is 3. The summed E-state index contributed by atoms with van der Waals surface area (Å²) in [6, 6.07) is 18.2. The maximum absolute atomic E-state index is 5.34. The molecule has 0 saturated heterocycles. The van der Waals surface area contributed by atoms with Gasteiger partial charge in [0.05, 0.1) is 0 Å². The van der Waals surface area contributed by atoms with E-state index in [-0.39, 0.29) is 0 Å². The summed E-state index contributed by atoms with van der Waals surface area (Å²) < 4.78 is 3.62. The molecule has 0 aliphatic heterocycles. The van der Waals surface area contributed by atoms with Crippen LogP contribution in [-0.4, -0.2) is 21.3 Å². The Morgan fingerprint density at radius 1 is 1.09 bits per heavy atom. The zero-order chi connectivity index (χ0) is 15.4. The molecule has 1 heterocycles. The second kappa shape index (κ2) is 6.89. The summed E-state index contributed by atoms with van der Waals surface area (Å²) >= 11 is 8.79. The Bertz CT molecular complexity index is 793. The van der Waals surface area contributed by atoms with Gasteiger partial charge in [-0.25, -0.2) is 0 Å². The fourth-order valence-corrected chi connectivity index (χ4v) is 2.75. The Balaban J connectivity index is 1.75. The number of hydrogen-bond acceptors (Lipinski definition) is 3. The fourth-order valence-electron chi connectivity index (χ4n) is 2.23. The first-order valence-corrected chi connectivity index (χ1v) is 8.15. The topological polar surface area (TPSA) is 45.6 Å². The minimum absolute atomic E-state index is 0.608. The predicted molar refractivity (Wildman–Crippen MR) is 95.1 cm³/mol. The summed E-state index contributed by atoms with van der Waals surface area (Å²) in [6.07, 6.45) is 0.776. The van der Waals surface area contributed by atoms with Crippen LogP contribution in [0.3, 0.4) is 0 Å². The van der Waals surface area contributed by atoms with Crippen LogP contribution in [0.5, 0.6) is 0 Å². The Hall–Kier alpha value is -1.92. The van der Waals surface area contributed by atoms with Crippen LogP contribution >= 0.6 is 28.1 Å². The van der Waals surface area contributed by atoms with E-state index in [4.69, 9.17) is 12.2 Å². The Morgan fingerprint density at radius 2 is 1.82 bits per heavy atom. The van der Waals surface area contributed by atoms with Gasteiger partial charge in [-0.2, -0.15) is 5.10 Å². The van der Waals surface area contributed by atoms with Crippen molar-refractivity contribution < 1.29 is 0 Å². The highest BCUT2D eigenvalue weighted by Gasteiger charge is 2.08. The van der Waals surface area contributed by atoms with Crippen molar-refractivity contribution in [3.63, 3.8) is 0 Å². The summed E-state index contributed by atoms with van der Waals surface area (Å²) in [6.45, 7) is 0.792. The molecule has 0 amide bonds. The fraction of sp³-hybridized carbons (Fsp3) is 0.125. The SMILES string of the molecule is S=c1[nH]nc(CCNc2ccccc2)n1-c1ccc(Br)cc1. The van der Waals surface area contributed by atoms with Crippen LogP contribution in [0.1, 0.15) is 5.82 Å². The molecular formula is C16H15BrN4S. The number of benzene rings is 2. The predicted octanol–water partition coefficient (Wildman–Crippen LogP) is 4.35. The molecule has 3 rings (SSSR count). The largest absolute Gasteiger partial charge is 0.385 e. The molecule has 0 spiro atoms. The maximum atomic E-state index is 5.34. The molecular weight excluding hydrogens is 360 g/mol. The van der Waals surface area contributed by atoms with E-state index in [9.17, 15) is 0 Å². The van der Waals surface area contributed by atoms with Crippen LogP contribution in [0, 0.1) is 4.77 Å². The third-order valence-corrected chi connectivity index (χ3v) is 4.08. The van der Waals surface area contributed by atoms with Crippen molar-refractivity contribution in [1.82, 2.24) is 14.8 Å². The average molecular weight is 375 g/mol. The van der Waals surface area contributed by atoms with E-state index in [1.807, 2.05) is 59.2 Å². The Morgan fingerprint density at radius 3 is 2.55 bits per heavy atom. The van der Waals surface area contributed by atoms with E-state index in [2.05, 4.69) is 31.4 Å². The van der Waals surface area contributed by atoms with Crippen molar-refractivity contribution in [3.05, 3.63) is 69.7 Å². The van der Waals surface area contributed by atoms with Gasteiger partial charge in [0.1, 0.15) is 5.82 Å². The van der Waals surface area contributed by atoms with Gasteiger partial charge in [-0.15, -0.1) is 0 Å². The number of aromatic amines is 1. The molecule has 3 aromatic rings. The van der Waals surface area contributed by atoms with Gasteiger partial charge in [-0.3, -0.25) is 9.67 Å². The minimum Gasteiger partial charge on any atom is -0.385 e. The molecule has 0 saturated carbocycles. The third-order valence-electron chi connectivity index (χ3n) is 3.28. The second-order valence-electron chi connectivity index (χ2n) is 4.80. The number of nitrogens with one attached hydrogen (secondary N) is 2. The van der Waals surface area contributed by atoms with E-state index in [1.165, 1.54) is 0 Å². The first-order chi connectivity index (χ1) is 10.7. The first-order valence-electron chi connectivity index (χ1n) is 6.95. The number of halogens is 1. The van der Waals surface area contributed by atoms with Gasteiger partial charge >= 0.3 is 0 Å². The minimum atomic E-state index is 0.608. The first kappa shape index (κ1) is 15.0. The molecule has 1 aromatic heterocycles. The van der Waals surface area contributed by atoms with E-state index in [1.54, 1.807) is 0 Å². The number of anilines is 1. The highest BCUT2D eigenvalue weighted by Crippen LogP contribution is 2.16. The molecule has 4 nitrogen and oxygen atoms in total. The highest BCUT2D eigenvalue weighted by molar-refractivity contribution is 9.10. The molecule has 6 heteroatoms. The normalized spacial score (nSPS) is 10.6. The van der Waals surface area contributed by atoms with Crippen molar-refractivity contribution in [2.75, 3.05) is 11.9 Å². The summed E-state index contributed by atoms with van der Waals surface area (Å²) in [5.41, 5.74) is 2.11. The standard InChI is InChI=1S/C16H15BrN4S/c17-12-6-8-14(9-7-12)21-15(19-20-16(21)22)10-11-18-13-4-2-1-3-5-13/h1-9,18H,10-11H2,(H,20,22). The molecule has 0 bridgehead atoms. The van der Waals surface area contributed by atoms with Crippen molar-refractivity contribution in [1.29, 1.82) is 0 Å². The molecule has 2 aromatic carbocycles. The average Bonchev–Trinajstić information content (AvgIpc) is 2.90. The molecule has 0 aliphatic rings. The molecule has 0 radical (unpaired) electrons. The van der Waals surface area contributed by atoms with Gasteiger partial charge in [-0.1, -0.05) is 34.1 Å². The van der Waals surface area contributed by atoms with Gasteiger partial charge in [0.25, 0.3) is 0 Å². The second-order valence-corrected chi connectivity index (χ2v) is 6.10. The number of para-hydroxylation sites is 1. The summed E-state index contributed by atoms with van der Waals surface area (Å²) in [7, 11) is 0. The third kappa shape index (κ3) is 3.45. The van der Waals surface area contributed by atoms with Crippen LogP contribution in [0.2, 0.25) is 0 Å². The van der Waals surface area contributed by atoms with Crippen molar-refractivity contribution in [2.45, 2.75) is 6.42 Å². The molecule has 0 fully saturated rings. The smallest absolute Gasteiger partial charge is 0.199 e. The van der Waals surface area contributed by atoms with Gasteiger partial charge in [0, 0.05) is 28.8 Å². The quantitative estimate of drug-likeness (QED) is 0.652. The Labute approximate surface area is 142 Å². The zero-order valence-corrected chi connectivity index (χ0v) is 14.2. The van der Waals surface area contributed by atoms with Crippen LogP contribution in [0.4, 0.5) is 5.69 Å². The van der Waals surface area contributed by atoms with E-state index in [0.29, 0.717) is 4.77 Å². The monoisotopic (exact) mass is 374 g/mol. The molecule has 0 aliphatic carbocycles. The van der Waals surface area contributed by atoms with Gasteiger partial charge < -0.3 is 5.32 Å². The lowest BCUT2D eigenvalue weighted by atomic mass is 10.3. The van der Waals surface area contributed by atoms with Crippen LogP contribution in [0.25, 0.3) is 5.69 Å². The van der Waals surface area contributed by atoms with Crippen LogP contribution < -0.4 is 5.32 Å². The van der Waals surface area contributed by atoms with E-state index >= 15 is 0 Å². The molecule has 0 atom stereocenters. The lowest BCUT2D eigenvalue weighted by Crippen LogP contribution is -2.09. The number of hydrogen-bond donors (Lipinski definition) is 2. The molecule has 0 unspecified atom stereocenters. The van der Waals surface area contributed by atoms with Gasteiger partial charge in [0.15, 0.2) is 4.77 Å². The zero-order valence-electron chi connectivity index (χ0n) is 11.8. The number of nitrogens with zero attached hydrogens (tertiary/aromatic N) is 2. The van der Waals surface area contributed by atoms with Crippen LogP contribution in [-0.2, 0) is 6.42 Å². The summed E-state index contributed by atoms with van der Waals surface area (Å²) in [5.74, 6) is 0.913. The molecule has 112 valence electrons. The lowest BCUT2D eigenvalue weighted by molar-refractivity contribution is 0.848. The van der Waals surface area contributed by atoms with Gasteiger partial charge in [-0.05, 0) is 48.6 Å². The van der Waals surface area contributed by atoms with Gasteiger partial charge in [0.2, 0.25) is 0 Å². The summed E-state index contributed by atoms with van der Waals surface area (Å²) in [5, 5.41) is 10.6. The Kier molecular flexibility index (Phi) is 4.70. The van der Waals surface area contributed by atoms with Crippen molar-refractivity contribution >= 4 is 33.8 Å². The number of H-pyrrole nitrogens is 1.